The van der Waals surface area contributed by atoms with E-state index in [1.54, 1.807) is 6.08 Å². The maximum Gasteiger partial charge on any atom is 0.145 e. The first-order chi connectivity index (χ1) is 6.61. The number of nitrogens with two attached hydrogens (primary N) is 1. The molecular formula is C10H19N3O. The van der Waals surface area contributed by atoms with Gasteiger partial charge in [0.25, 0.3) is 0 Å². The van der Waals surface area contributed by atoms with E-state index in [4.69, 9.17) is 5.73 Å². The molecule has 1 unspecified atom stereocenters. The second-order valence-corrected chi connectivity index (χ2v) is 3.87. The minimum absolute atomic E-state index is 0.614. The van der Waals surface area contributed by atoms with Crippen LogP contribution in [0.2, 0.25) is 0 Å². The maximum atomic E-state index is 10.3. The number of rotatable bonds is 4. The molecule has 0 aromatic heterocycles. The number of likely N-dealkylation sites (tertiary alicyclic amines) is 1. The predicted molar refractivity (Wildman–Crippen MR) is 56.6 cm³/mol. The fourth-order valence-electron chi connectivity index (χ4n) is 1.79. The molecule has 4 heteroatoms. The lowest BCUT2D eigenvalue weighted by atomic mass is 10.2. The fourth-order valence-corrected chi connectivity index (χ4v) is 1.79. The summed E-state index contributed by atoms with van der Waals surface area (Å²) in [4.78, 5) is 14.4. The van der Waals surface area contributed by atoms with Gasteiger partial charge in [0.1, 0.15) is 12.1 Å². The van der Waals surface area contributed by atoms with Crippen molar-refractivity contribution in [2.45, 2.75) is 18.6 Å². The molecule has 2 N–H and O–H groups in total. The molecule has 1 heterocycles. The van der Waals surface area contributed by atoms with E-state index in [9.17, 15) is 4.79 Å². The largest absolute Gasteiger partial charge is 0.299 e. The lowest BCUT2D eigenvalue weighted by molar-refractivity contribution is -0.104. The summed E-state index contributed by atoms with van der Waals surface area (Å²) in [6, 6.07) is 0. The molecule has 80 valence electrons. The molecule has 1 fully saturated rings. The third-order valence-corrected chi connectivity index (χ3v) is 2.75. The highest BCUT2D eigenvalue weighted by atomic mass is 16.1. The number of carbonyl (C=O) groups is 1. The Balaban J connectivity index is 2.79. The van der Waals surface area contributed by atoms with Crippen LogP contribution in [0.5, 0.6) is 0 Å². The van der Waals surface area contributed by atoms with Gasteiger partial charge in [-0.05, 0) is 39.1 Å². The van der Waals surface area contributed by atoms with Crippen LogP contribution in [0.1, 0.15) is 12.8 Å². The standard InChI is InChI=1S/C10H19N3O/c1-12(2)10(11,6-5-9-14)13-7-3-4-8-13/h5-6,9H,3-4,7-8,11H2,1-2H3. The summed E-state index contributed by atoms with van der Waals surface area (Å²) in [5.74, 6) is -0.614. The molecule has 1 aliphatic rings. The lowest BCUT2D eigenvalue weighted by Crippen LogP contribution is -2.62. The number of nitrogens with zero attached hydrogens (tertiary/aromatic N) is 2. The summed E-state index contributed by atoms with van der Waals surface area (Å²) in [7, 11) is 3.85. The van der Waals surface area contributed by atoms with Crippen molar-refractivity contribution in [3.63, 3.8) is 0 Å². The topological polar surface area (TPSA) is 49.6 Å². The van der Waals surface area contributed by atoms with Gasteiger partial charge in [0.2, 0.25) is 0 Å². The smallest absolute Gasteiger partial charge is 0.145 e. The Bertz CT molecular complexity index is 221. The third-order valence-electron chi connectivity index (χ3n) is 2.75. The summed E-state index contributed by atoms with van der Waals surface area (Å²) in [5.41, 5.74) is 6.24. The van der Waals surface area contributed by atoms with E-state index in [0.717, 1.165) is 19.4 Å². The zero-order valence-corrected chi connectivity index (χ0v) is 8.94. The van der Waals surface area contributed by atoms with Crippen molar-refractivity contribution in [1.82, 2.24) is 9.80 Å². The van der Waals surface area contributed by atoms with Crippen LogP contribution in [0.3, 0.4) is 0 Å². The van der Waals surface area contributed by atoms with E-state index >= 15 is 0 Å². The fraction of sp³-hybridized carbons (Fsp3) is 0.700. The SMILES string of the molecule is CN(C)C(N)(C=CC=O)N1CCCC1. The van der Waals surface area contributed by atoms with Crippen LogP contribution in [-0.2, 0) is 4.79 Å². The molecule has 0 bridgehead atoms. The van der Waals surface area contributed by atoms with E-state index in [1.165, 1.54) is 18.9 Å². The second kappa shape index (κ2) is 4.68. The molecule has 0 saturated carbocycles. The van der Waals surface area contributed by atoms with Crippen LogP contribution in [0.15, 0.2) is 12.2 Å². The quantitative estimate of drug-likeness (QED) is 0.392. The van der Waals surface area contributed by atoms with Gasteiger partial charge in [0.05, 0.1) is 0 Å². The van der Waals surface area contributed by atoms with Crippen LogP contribution in [-0.4, -0.2) is 49.1 Å². The van der Waals surface area contributed by atoms with Crippen molar-refractivity contribution in [1.29, 1.82) is 0 Å². The van der Waals surface area contributed by atoms with Gasteiger partial charge in [-0.2, -0.15) is 0 Å². The summed E-state index contributed by atoms with van der Waals surface area (Å²) < 4.78 is 0. The van der Waals surface area contributed by atoms with Gasteiger partial charge in [0.15, 0.2) is 0 Å². The molecule has 1 atom stereocenters. The molecule has 1 aliphatic heterocycles. The highest BCUT2D eigenvalue weighted by Crippen LogP contribution is 2.19. The van der Waals surface area contributed by atoms with Gasteiger partial charge >= 0.3 is 0 Å². The average molecular weight is 197 g/mol. The molecule has 14 heavy (non-hydrogen) atoms. The van der Waals surface area contributed by atoms with Crippen LogP contribution in [0.4, 0.5) is 0 Å². The van der Waals surface area contributed by atoms with Gasteiger partial charge in [0, 0.05) is 13.1 Å². The lowest BCUT2D eigenvalue weighted by Gasteiger charge is -2.41. The number of aldehydes is 1. The maximum absolute atomic E-state index is 10.3. The molecule has 0 spiro atoms. The normalized spacial score (nSPS) is 23.1. The Labute approximate surface area is 85.3 Å². The molecule has 1 saturated heterocycles. The van der Waals surface area contributed by atoms with Crippen LogP contribution in [0, 0.1) is 0 Å². The van der Waals surface area contributed by atoms with Crippen molar-refractivity contribution < 1.29 is 4.79 Å². The Morgan fingerprint density at radius 1 is 1.36 bits per heavy atom. The van der Waals surface area contributed by atoms with Crippen molar-refractivity contribution in [2.24, 2.45) is 5.73 Å². The van der Waals surface area contributed by atoms with Gasteiger partial charge in [-0.1, -0.05) is 0 Å². The Morgan fingerprint density at radius 2 is 1.93 bits per heavy atom. The van der Waals surface area contributed by atoms with Crippen LogP contribution in [0.25, 0.3) is 0 Å². The van der Waals surface area contributed by atoms with Gasteiger partial charge in [-0.15, -0.1) is 0 Å². The van der Waals surface area contributed by atoms with E-state index in [-0.39, 0.29) is 0 Å². The predicted octanol–water partition coefficient (Wildman–Crippen LogP) is 0.0114. The molecule has 0 aromatic rings. The summed E-state index contributed by atoms with van der Waals surface area (Å²) in [5, 5.41) is 0. The minimum Gasteiger partial charge on any atom is -0.299 e. The average Bonchev–Trinajstić information content (AvgIpc) is 2.66. The molecule has 0 aromatic carbocycles. The molecule has 0 aliphatic carbocycles. The molecular weight excluding hydrogens is 178 g/mol. The summed E-state index contributed by atoms with van der Waals surface area (Å²) >= 11 is 0. The molecule has 0 amide bonds. The first-order valence-electron chi connectivity index (χ1n) is 4.95. The zero-order chi connectivity index (χ0) is 10.6. The van der Waals surface area contributed by atoms with Gasteiger partial charge < -0.3 is 0 Å². The van der Waals surface area contributed by atoms with Crippen LogP contribution < -0.4 is 5.73 Å². The summed E-state index contributed by atoms with van der Waals surface area (Å²) in [6.07, 6.45) is 6.36. The number of hydrogen-bond acceptors (Lipinski definition) is 4. The highest BCUT2D eigenvalue weighted by molar-refractivity contribution is 5.65. The van der Waals surface area contributed by atoms with Crippen LogP contribution >= 0.6 is 0 Å². The monoisotopic (exact) mass is 197 g/mol. The number of allylic oxidation sites excluding steroid dienone is 1. The van der Waals surface area contributed by atoms with Crippen molar-refractivity contribution in [3.05, 3.63) is 12.2 Å². The first-order valence-corrected chi connectivity index (χ1v) is 4.95. The number of carbonyl (C=O) groups excluding carboxylic acids is 1. The minimum atomic E-state index is -0.614. The van der Waals surface area contributed by atoms with Gasteiger partial charge in [-0.3, -0.25) is 20.3 Å². The van der Waals surface area contributed by atoms with E-state index < -0.39 is 5.79 Å². The highest BCUT2D eigenvalue weighted by Gasteiger charge is 2.33. The van der Waals surface area contributed by atoms with Crippen molar-refractivity contribution in [3.8, 4) is 0 Å². The molecule has 1 rings (SSSR count). The molecule has 0 radical (unpaired) electrons. The Hall–Kier alpha value is -0.710. The second-order valence-electron chi connectivity index (χ2n) is 3.87. The van der Waals surface area contributed by atoms with Crippen molar-refractivity contribution in [2.75, 3.05) is 27.2 Å². The number of hydrogen-bond donors (Lipinski definition) is 1. The van der Waals surface area contributed by atoms with E-state index in [1.807, 2.05) is 19.0 Å². The Morgan fingerprint density at radius 3 is 2.36 bits per heavy atom. The van der Waals surface area contributed by atoms with Gasteiger partial charge in [-0.25, -0.2) is 0 Å². The summed E-state index contributed by atoms with van der Waals surface area (Å²) in [6.45, 7) is 2.00. The first kappa shape index (κ1) is 11.4. The van der Waals surface area contributed by atoms with Crippen molar-refractivity contribution >= 4 is 6.29 Å². The number of likely N-dealkylation sites (N-methyl/N-ethyl adjacent to an activating group) is 1. The molecule has 4 nitrogen and oxygen atoms in total. The Kier molecular flexibility index (Phi) is 3.80. The third kappa shape index (κ3) is 2.20. The zero-order valence-electron chi connectivity index (χ0n) is 8.94. The van der Waals surface area contributed by atoms with E-state index in [0.29, 0.717) is 0 Å². The van der Waals surface area contributed by atoms with E-state index in [2.05, 4.69) is 4.90 Å².